The van der Waals surface area contributed by atoms with Crippen molar-refractivity contribution in [2.45, 2.75) is 18.9 Å². The molecule has 1 unspecified atom stereocenters. The minimum Gasteiger partial charge on any atom is -0.508 e. The molecule has 6 nitrogen and oxygen atoms in total. The summed E-state index contributed by atoms with van der Waals surface area (Å²) in [6.07, 6.45) is -0.172. The number of benzene rings is 1. The van der Waals surface area contributed by atoms with Gasteiger partial charge in [0.2, 0.25) is 0 Å². The number of rotatable bonds is 4. The Balaban J connectivity index is 2.14. The summed E-state index contributed by atoms with van der Waals surface area (Å²) in [6.45, 7) is 0.187. The number of phenolic OH excluding ortho intramolecular Hbond substituents is 1. The number of hydrogen-bond acceptors (Lipinski definition) is 4. The lowest BCUT2D eigenvalue weighted by Gasteiger charge is -2.20. The molecule has 1 amide bonds. The van der Waals surface area contributed by atoms with E-state index in [9.17, 15) is 14.7 Å². The van der Waals surface area contributed by atoms with E-state index in [-0.39, 0.29) is 24.8 Å². The minimum absolute atomic E-state index is 0.0180. The van der Waals surface area contributed by atoms with Crippen LogP contribution in [0.5, 0.6) is 5.75 Å². The summed E-state index contributed by atoms with van der Waals surface area (Å²) in [5, 5.41) is 17.9. The summed E-state index contributed by atoms with van der Waals surface area (Å²) in [5.41, 5.74) is 0.589. The lowest BCUT2D eigenvalue weighted by molar-refractivity contribution is -0.137. The number of aromatic hydroxyl groups is 1. The van der Waals surface area contributed by atoms with Crippen LogP contribution in [0, 0.1) is 0 Å². The molecule has 0 radical (unpaired) electrons. The maximum absolute atomic E-state index is 11.6. The zero-order valence-electron chi connectivity index (χ0n) is 9.57. The summed E-state index contributed by atoms with van der Waals surface area (Å²) in [4.78, 5) is 23.6. The van der Waals surface area contributed by atoms with Gasteiger partial charge in [0.25, 0.3) is 0 Å². The first-order valence-electron chi connectivity index (χ1n) is 5.55. The first-order chi connectivity index (χ1) is 8.58. The van der Waals surface area contributed by atoms with Crippen molar-refractivity contribution in [3.63, 3.8) is 0 Å². The lowest BCUT2D eigenvalue weighted by Crippen LogP contribution is -2.33. The number of carboxylic acids is 1. The van der Waals surface area contributed by atoms with Crippen molar-refractivity contribution in [3.05, 3.63) is 24.3 Å². The highest BCUT2D eigenvalue weighted by atomic mass is 16.6. The molecule has 1 saturated heterocycles. The Kier molecular flexibility index (Phi) is 3.36. The summed E-state index contributed by atoms with van der Waals surface area (Å²) in [5.74, 6) is -0.798. The quantitative estimate of drug-likeness (QED) is 0.848. The van der Waals surface area contributed by atoms with Crippen LogP contribution in [0.25, 0.3) is 0 Å². The van der Waals surface area contributed by atoms with Crippen LogP contribution in [0.1, 0.15) is 12.8 Å². The van der Waals surface area contributed by atoms with Crippen LogP contribution in [0.3, 0.4) is 0 Å². The SMILES string of the molecule is O=C(O)CCC1COC(=O)N1c1ccc(O)cc1. The Morgan fingerprint density at radius 1 is 1.39 bits per heavy atom. The van der Waals surface area contributed by atoms with E-state index in [1.165, 1.54) is 17.0 Å². The minimum atomic E-state index is -0.903. The topological polar surface area (TPSA) is 87.1 Å². The molecule has 6 heteroatoms. The van der Waals surface area contributed by atoms with Gasteiger partial charge in [-0.25, -0.2) is 4.79 Å². The van der Waals surface area contributed by atoms with E-state index in [1.54, 1.807) is 12.1 Å². The number of cyclic esters (lactones) is 1. The molecule has 1 heterocycles. The van der Waals surface area contributed by atoms with Crippen LogP contribution in [0.15, 0.2) is 24.3 Å². The van der Waals surface area contributed by atoms with Gasteiger partial charge in [0.05, 0.1) is 6.04 Å². The molecular formula is C12H13NO5. The molecule has 18 heavy (non-hydrogen) atoms. The molecule has 0 aromatic heterocycles. The van der Waals surface area contributed by atoms with E-state index in [0.717, 1.165) is 0 Å². The molecule has 2 rings (SSSR count). The molecule has 0 bridgehead atoms. The van der Waals surface area contributed by atoms with Crippen molar-refractivity contribution < 1.29 is 24.5 Å². The van der Waals surface area contributed by atoms with Gasteiger partial charge >= 0.3 is 12.1 Å². The highest BCUT2D eigenvalue weighted by Gasteiger charge is 2.34. The first kappa shape index (κ1) is 12.2. The second-order valence-corrected chi connectivity index (χ2v) is 4.05. The number of hydrogen-bond donors (Lipinski definition) is 2. The Morgan fingerprint density at radius 2 is 2.06 bits per heavy atom. The second-order valence-electron chi connectivity index (χ2n) is 4.05. The van der Waals surface area contributed by atoms with Crippen molar-refractivity contribution in [1.29, 1.82) is 0 Å². The van der Waals surface area contributed by atoms with Crippen molar-refractivity contribution in [3.8, 4) is 5.75 Å². The normalized spacial score (nSPS) is 18.8. The number of carbonyl (C=O) groups is 2. The fraction of sp³-hybridized carbons (Fsp3) is 0.333. The smallest absolute Gasteiger partial charge is 0.414 e. The predicted octanol–water partition coefficient (Wildman–Crippen LogP) is 1.58. The molecule has 1 fully saturated rings. The van der Waals surface area contributed by atoms with E-state index in [4.69, 9.17) is 9.84 Å². The van der Waals surface area contributed by atoms with Crippen LogP contribution in [0.4, 0.5) is 10.5 Å². The van der Waals surface area contributed by atoms with Crippen molar-refractivity contribution in [2.75, 3.05) is 11.5 Å². The van der Waals surface area contributed by atoms with Crippen molar-refractivity contribution in [1.82, 2.24) is 0 Å². The first-order valence-corrected chi connectivity index (χ1v) is 5.55. The Morgan fingerprint density at radius 3 is 2.67 bits per heavy atom. The van der Waals surface area contributed by atoms with Crippen molar-refractivity contribution in [2.24, 2.45) is 0 Å². The molecule has 2 N–H and O–H groups in total. The zero-order valence-corrected chi connectivity index (χ0v) is 9.57. The van der Waals surface area contributed by atoms with Gasteiger partial charge in [-0.2, -0.15) is 0 Å². The van der Waals surface area contributed by atoms with Crippen molar-refractivity contribution >= 4 is 17.7 Å². The predicted molar refractivity (Wildman–Crippen MR) is 62.6 cm³/mol. The number of anilines is 1. The number of ether oxygens (including phenoxy) is 1. The van der Waals surface area contributed by atoms with E-state index < -0.39 is 12.1 Å². The number of phenols is 1. The number of carboxylic acid groups (broad SMARTS) is 1. The molecule has 0 spiro atoms. The van der Waals surface area contributed by atoms with E-state index in [1.807, 2.05) is 0 Å². The standard InChI is InChI=1S/C12H13NO5/c14-10-4-1-8(2-5-10)13-9(3-6-11(15)16)7-18-12(13)17/h1-2,4-5,9,14H,3,6-7H2,(H,15,16). The highest BCUT2D eigenvalue weighted by molar-refractivity contribution is 5.90. The van der Waals surface area contributed by atoms with Gasteiger partial charge in [0.15, 0.2) is 0 Å². The third-order valence-corrected chi connectivity index (χ3v) is 2.78. The Labute approximate surface area is 103 Å². The van der Waals surface area contributed by atoms with Gasteiger partial charge < -0.3 is 14.9 Å². The fourth-order valence-electron chi connectivity index (χ4n) is 1.89. The largest absolute Gasteiger partial charge is 0.508 e. The van der Waals surface area contributed by atoms with Gasteiger partial charge in [-0.3, -0.25) is 9.69 Å². The van der Waals surface area contributed by atoms with Gasteiger partial charge in [0.1, 0.15) is 12.4 Å². The lowest BCUT2D eigenvalue weighted by atomic mass is 10.1. The number of carbonyl (C=O) groups excluding carboxylic acids is 1. The third-order valence-electron chi connectivity index (χ3n) is 2.78. The molecule has 0 saturated carbocycles. The molecule has 1 aromatic rings. The summed E-state index contributed by atoms with van der Waals surface area (Å²) < 4.78 is 4.93. The van der Waals surface area contributed by atoms with Gasteiger partial charge in [-0.1, -0.05) is 0 Å². The fourth-order valence-corrected chi connectivity index (χ4v) is 1.89. The van der Waals surface area contributed by atoms with Crippen LogP contribution in [-0.2, 0) is 9.53 Å². The summed E-state index contributed by atoms with van der Waals surface area (Å²) in [7, 11) is 0. The molecule has 96 valence electrons. The highest BCUT2D eigenvalue weighted by Crippen LogP contribution is 2.26. The van der Waals surface area contributed by atoms with E-state index in [0.29, 0.717) is 12.1 Å². The summed E-state index contributed by atoms with van der Waals surface area (Å²) >= 11 is 0. The molecule has 0 aliphatic carbocycles. The molecule has 1 atom stereocenters. The maximum Gasteiger partial charge on any atom is 0.414 e. The molecular weight excluding hydrogens is 238 g/mol. The third kappa shape index (κ3) is 2.53. The average Bonchev–Trinajstić information content (AvgIpc) is 2.69. The van der Waals surface area contributed by atoms with E-state index in [2.05, 4.69) is 0 Å². The van der Waals surface area contributed by atoms with Crippen LogP contribution < -0.4 is 4.90 Å². The Hall–Kier alpha value is -2.24. The Bertz CT molecular complexity index is 456. The van der Waals surface area contributed by atoms with Crippen LogP contribution >= 0.6 is 0 Å². The second kappa shape index (κ2) is 4.95. The van der Waals surface area contributed by atoms with Crippen LogP contribution in [0.2, 0.25) is 0 Å². The molecule has 1 aliphatic rings. The number of nitrogens with zero attached hydrogens (tertiary/aromatic N) is 1. The average molecular weight is 251 g/mol. The monoisotopic (exact) mass is 251 g/mol. The van der Waals surface area contributed by atoms with Gasteiger partial charge in [-0.05, 0) is 30.7 Å². The molecule has 1 aromatic carbocycles. The van der Waals surface area contributed by atoms with Crippen LogP contribution in [-0.4, -0.2) is 34.9 Å². The molecule has 1 aliphatic heterocycles. The maximum atomic E-state index is 11.6. The summed E-state index contributed by atoms with van der Waals surface area (Å²) in [6, 6.07) is 5.84. The number of aliphatic carboxylic acids is 1. The number of amides is 1. The van der Waals surface area contributed by atoms with Gasteiger partial charge in [0, 0.05) is 12.1 Å². The van der Waals surface area contributed by atoms with Gasteiger partial charge in [-0.15, -0.1) is 0 Å². The zero-order chi connectivity index (χ0) is 13.1. The van der Waals surface area contributed by atoms with E-state index >= 15 is 0 Å².